The van der Waals surface area contributed by atoms with Gasteiger partial charge < -0.3 is 5.73 Å². The summed E-state index contributed by atoms with van der Waals surface area (Å²) in [5.41, 5.74) is 5.38. The summed E-state index contributed by atoms with van der Waals surface area (Å²) in [5, 5.41) is 8.32. The highest BCUT2D eigenvalue weighted by Gasteiger charge is 2.20. The summed E-state index contributed by atoms with van der Waals surface area (Å²) in [5.74, 6) is 1.33. The van der Waals surface area contributed by atoms with Crippen LogP contribution in [0.3, 0.4) is 0 Å². The van der Waals surface area contributed by atoms with Gasteiger partial charge in [0.15, 0.2) is 0 Å². The van der Waals surface area contributed by atoms with Gasteiger partial charge in [0, 0.05) is 10.3 Å². The topological polar surface area (TPSA) is 49.9 Å². The van der Waals surface area contributed by atoms with Crippen LogP contribution < -0.4 is 5.73 Å². The molecule has 1 aromatic rings. The Kier molecular flexibility index (Phi) is 6.03. The van der Waals surface area contributed by atoms with Gasteiger partial charge >= 0.3 is 0 Å². The van der Waals surface area contributed by atoms with Gasteiger partial charge in [-0.15, -0.1) is 11.8 Å². The molecule has 3 N–H and O–H groups in total. The van der Waals surface area contributed by atoms with Crippen molar-refractivity contribution < 1.29 is 0 Å². The molecule has 0 aromatic heterocycles. The fourth-order valence-electron chi connectivity index (χ4n) is 1.55. The molecule has 2 nitrogen and oxygen atoms in total. The summed E-state index contributed by atoms with van der Waals surface area (Å²) in [4.78, 5) is 1.14. The number of benzene rings is 1. The predicted octanol–water partition coefficient (Wildman–Crippen LogP) is 4.56. The maximum absolute atomic E-state index is 7.50. The quantitative estimate of drug-likeness (QED) is 0.334. The Labute approximate surface area is 119 Å². The Morgan fingerprint density at radius 3 is 2.61 bits per heavy atom. The van der Waals surface area contributed by atoms with Crippen LogP contribution in [0.5, 0.6) is 0 Å². The third-order valence-electron chi connectivity index (χ3n) is 3.02. The molecule has 1 aromatic carbocycles. The molecule has 0 radical (unpaired) electrons. The van der Waals surface area contributed by atoms with Crippen molar-refractivity contribution in [2.24, 2.45) is 11.1 Å². The minimum Gasteiger partial charge on any atom is -0.387 e. The molecule has 0 atom stereocenters. The summed E-state index contributed by atoms with van der Waals surface area (Å²) in [6, 6.07) is 7.92. The van der Waals surface area contributed by atoms with Gasteiger partial charge in [-0.1, -0.05) is 44.0 Å². The molecule has 0 saturated carbocycles. The number of unbranched alkanes of at least 4 members (excludes halogenated alkanes) is 1. The summed E-state index contributed by atoms with van der Waals surface area (Å²) in [6.07, 6.45) is 3.17. The Balaban J connectivity index is 2.24. The lowest BCUT2D eigenvalue weighted by Crippen LogP contribution is -2.30. The standard InChI is InChI=1S/C14H21ClN2S/c1-14(2,13(16)17)9-5-6-10-18-12-8-4-3-7-11(12)15/h3-4,7-8H,5-6,9-10H2,1-2H3,(H3,16,17). The normalized spacial score (nSPS) is 11.5. The van der Waals surface area contributed by atoms with Crippen LogP contribution in [-0.2, 0) is 0 Å². The summed E-state index contributed by atoms with van der Waals surface area (Å²) in [7, 11) is 0. The van der Waals surface area contributed by atoms with Gasteiger partial charge in [-0.25, -0.2) is 0 Å². The number of thioether (sulfide) groups is 1. The highest BCUT2D eigenvalue weighted by atomic mass is 35.5. The van der Waals surface area contributed by atoms with Crippen LogP contribution in [0.4, 0.5) is 0 Å². The molecular weight excluding hydrogens is 264 g/mol. The van der Waals surface area contributed by atoms with Gasteiger partial charge in [-0.05, 0) is 30.7 Å². The fraction of sp³-hybridized carbons (Fsp3) is 0.500. The van der Waals surface area contributed by atoms with Crippen molar-refractivity contribution in [1.82, 2.24) is 0 Å². The summed E-state index contributed by atoms with van der Waals surface area (Å²) in [6.45, 7) is 4.05. The molecule has 18 heavy (non-hydrogen) atoms. The van der Waals surface area contributed by atoms with E-state index < -0.39 is 0 Å². The first kappa shape index (κ1) is 15.4. The van der Waals surface area contributed by atoms with Gasteiger partial charge in [0.25, 0.3) is 0 Å². The van der Waals surface area contributed by atoms with Crippen molar-refractivity contribution >= 4 is 29.2 Å². The van der Waals surface area contributed by atoms with Crippen molar-refractivity contribution in [3.63, 3.8) is 0 Å². The van der Waals surface area contributed by atoms with Gasteiger partial charge in [0.1, 0.15) is 0 Å². The van der Waals surface area contributed by atoms with E-state index in [0.29, 0.717) is 0 Å². The molecule has 0 amide bonds. The molecule has 0 aliphatic heterocycles. The van der Waals surface area contributed by atoms with Crippen molar-refractivity contribution in [3.05, 3.63) is 29.3 Å². The zero-order chi connectivity index (χ0) is 13.6. The average molecular weight is 285 g/mol. The second-order valence-corrected chi connectivity index (χ2v) is 6.58. The molecular formula is C14H21ClN2S. The molecule has 0 fully saturated rings. The molecule has 100 valence electrons. The lowest BCUT2D eigenvalue weighted by Gasteiger charge is -2.22. The number of rotatable bonds is 7. The molecule has 4 heteroatoms. The largest absolute Gasteiger partial charge is 0.387 e. The zero-order valence-corrected chi connectivity index (χ0v) is 12.6. The number of amidine groups is 1. The van der Waals surface area contributed by atoms with E-state index >= 15 is 0 Å². The predicted molar refractivity (Wildman–Crippen MR) is 81.7 cm³/mol. The lowest BCUT2D eigenvalue weighted by atomic mass is 9.86. The molecule has 0 spiro atoms. The Bertz CT molecular complexity index is 405. The van der Waals surface area contributed by atoms with Crippen molar-refractivity contribution in [2.75, 3.05) is 5.75 Å². The minimum atomic E-state index is -0.172. The van der Waals surface area contributed by atoms with E-state index in [1.165, 1.54) is 0 Å². The van der Waals surface area contributed by atoms with Crippen LogP contribution in [0.15, 0.2) is 29.2 Å². The SMILES string of the molecule is CC(C)(CCCCSc1ccccc1Cl)C(=N)N. The Morgan fingerprint density at radius 2 is 2.00 bits per heavy atom. The molecule has 0 bridgehead atoms. The number of hydrogen-bond acceptors (Lipinski definition) is 2. The first-order valence-electron chi connectivity index (χ1n) is 6.15. The fourth-order valence-corrected chi connectivity index (χ4v) is 2.80. The number of nitrogens with two attached hydrogens (primary N) is 1. The summed E-state index contributed by atoms with van der Waals surface area (Å²) < 4.78 is 0. The molecule has 0 saturated heterocycles. The van der Waals surface area contributed by atoms with E-state index in [4.69, 9.17) is 22.7 Å². The first-order chi connectivity index (χ1) is 8.43. The van der Waals surface area contributed by atoms with Crippen molar-refractivity contribution in [2.45, 2.75) is 38.0 Å². The van der Waals surface area contributed by atoms with Crippen molar-refractivity contribution in [3.8, 4) is 0 Å². The van der Waals surface area contributed by atoms with Crippen LogP contribution >= 0.6 is 23.4 Å². The third kappa shape index (κ3) is 4.91. The van der Waals surface area contributed by atoms with Gasteiger partial charge in [0.05, 0.1) is 10.9 Å². The van der Waals surface area contributed by atoms with Gasteiger partial charge in [-0.3, -0.25) is 5.41 Å². The smallest absolute Gasteiger partial charge is 0.0963 e. The molecule has 0 aliphatic carbocycles. The van der Waals surface area contributed by atoms with E-state index in [9.17, 15) is 0 Å². The van der Waals surface area contributed by atoms with E-state index in [1.807, 2.05) is 38.1 Å². The van der Waals surface area contributed by atoms with Crippen LogP contribution in [0, 0.1) is 10.8 Å². The van der Waals surface area contributed by atoms with Crippen LogP contribution in [0.25, 0.3) is 0 Å². The van der Waals surface area contributed by atoms with Crippen LogP contribution in [0.2, 0.25) is 5.02 Å². The molecule has 0 aliphatic rings. The lowest BCUT2D eigenvalue weighted by molar-refractivity contribution is 0.448. The van der Waals surface area contributed by atoms with Crippen LogP contribution in [0.1, 0.15) is 33.1 Å². The average Bonchev–Trinajstić information content (AvgIpc) is 2.30. The minimum absolute atomic E-state index is 0.172. The molecule has 0 heterocycles. The van der Waals surface area contributed by atoms with Crippen molar-refractivity contribution in [1.29, 1.82) is 5.41 Å². The first-order valence-corrected chi connectivity index (χ1v) is 7.51. The number of halogens is 1. The number of hydrogen-bond donors (Lipinski definition) is 2. The van der Waals surface area contributed by atoms with E-state index in [-0.39, 0.29) is 11.3 Å². The highest BCUT2D eigenvalue weighted by molar-refractivity contribution is 7.99. The zero-order valence-electron chi connectivity index (χ0n) is 11.0. The van der Waals surface area contributed by atoms with E-state index in [2.05, 4.69) is 0 Å². The molecule has 0 unspecified atom stereocenters. The van der Waals surface area contributed by atoms with Gasteiger partial charge in [0.2, 0.25) is 0 Å². The maximum Gasteiger partial charge on any atom is 0.0963 e. The second-order valence-electron chi connectivity index (χ2n) is 5.03. The third-order valence-corrected chi connectivity index (χ3v) is 4.62. The summed E-state index contributed by atoms with van der Waals surface area (Å²) >= 11 is 7.87. The highest BCUT2D eigenvalue weighted by Crippen LogP contribution is 2.28. The Morgan fingerprint density at radius 1 is 1.33 bits per heavy atom. The monoisotopic (exact) mass is 284 g/mol. The van der Waals surface area contributed by atoms with Gasteiger partial charge in [-0.2, -0.15) is 0 Å². The van der Waals surface area contributed by atoms with E-state index in [1.54, 1.807) is 11.8 Å². The maximum atomic E-state index is 7.50. The Hall–Kier alpha value is -0.670. The van der Waals surface area contributed by atoms with E-state index in [0.717, 1.165) is 34.9 Å². The van der Waals surface area contributed by atoms with Crippen LogP contribution in [-0.4, -0.2) is 11.6 Å². The molecule has 1 rings (SSSR count). The second kappa shape index (κ2) is 7.05. The number of nitrogens with one attached hydrogen (secondary N) is 1.